The lowest BCUT2D eigenvalue weighted by Gasteiger charge is -2.38. The van der Waals surface area contributed by atoms with Crippen molar-refractivity contribution in [3.63, 3.8) is 0 Å². The summed E-state index contributed by atoms with van der Waals surface area (Å²) < 4.78 is 0. The molecule has 1 heteroatoms. The van der Waals surface area contributed by atoms with Gasteiger partial charge in [-0.15, -0.1) is 5.98 Å². The largest absolute Gasteiger partial charge is 0.129 e. The van der Waals surface area contributed by atoms with Crippen LogP contribution in [0, 0.1) is 12.8 Å². The van der Waals surface area contributed by atoms with E-state index in [9.17, 15) is 0 Å². The third-order valence-corrected chi connectivity index (χ3v) is 5.98. The van der Waals surface area contributed by atoms with Crippen molar-refractivity contribution in [1.82, 2.24) is 0 Å². The van der Waals surface area contributed by atoms with Crippen molar-refractivity contribution in [2.75, 3.05) is 0 Å². The summed E-state index contributed by atoms with van der Waals surface area (Å²) >= 11 is 0. The van der Waals surface area contributed by atoms with Crippen LogP contribution in [0.1, 0.15) is 70.7 Å². The van der Waals surface area contributed by atoms with E-state index in [1.165, 1.54) is 39.0 Å². The van der Waals surface area contributed by atoms with Crippen LogP contribution >= 0.6 is 0 Å². The predicted molar refractivity (Wildman–Crippen MR) is 114 cm³/mol. The van der Waals surface area contributed by atoms with Crippen LogP contribution in [-0.4, -0.2) is 7.85 Å². The van der Waals surface area contributed by atoms with Gasteiger partial charge in [0.1, 0.15) is 7.85 Å². The second-order valence-electron chi connectivity index (χ2n) is 8.12. The molecule has 0 saturated carbocycles. The molecule has 0 N–H and O–H groups in total. The van der Waals surface area contributed by atoms with E-state index in [1.807, 2.05) is 6.92 Å². The molecule has 0 spiro atoms. The van der Waals surface area contributed by atoms with Gasteiger partial charge >= 0.3 is 0 Å². The Morgan fingerprint density at radius 1 is 1.08 bits per heavy atom. The highest BCUT2D eigenvalue weighted by molar-refractivity contribution is 6.17. The fraction of sp³-hybridized carbons (Fsp3) is 0.417. The Bertz CT molecular complexity index is 798. The van der Waals surface area contributed by atoms with E-state index in [2.05, 4.69) is 78.8 Å². The molecule has 1 aliphatic carbocycles. The standard InChI is InChI=1S/C24H31B/c1-15(14-25)9-10-16(2)20(6)21-13-22-17(3)11-19(5)24(7,8)23(22)12-18(21)4/h9-14,19H,1-8H3/b10-9+,15-14+,20-16+. The van der Waals surface area contributed by atoms with Gasteiger partial charge in [-0.05, 0) is 91.0 Å². The van der Waals surface area contributed by atoms with Gasteiger partial charge in [0.25, 0.3) is 0 Å². The highest BCUT2D eigenvalue weighted by Crippen LogP contribution is 2.44. The molecule has 0 bridgehead atoms. The van der Waals surface area contributed by atoms with Crippen LogP contribution in [0.2, 0.25) is 0 Å². The first-order chi connectivity index (χ1) is 11.6. The van der Waals surface area contributed by atoms with Gasteiger partial charge in [0, 0.05) is 0 Å². The third-order valence-electron chi connectivity index (χ3n) is 5.98. The molecule has 0 aromatic heterocycles. The molecule has 0 saturated heterocycles. The highest BCUT2D eigenvalue weighted by Gasteiger charge is 2.33. The van der Waals surface area contributed by atoms with E-state index in [-0.39, 0.29) is 5.41 Å². The lowest BCUT2D eigenvalue weighted by atomic mass is 9.67. The van der Waals surface area contributed by atoms with Crippen LogP contribution in [0.4, 0.5) is 0 Å². The molecule has 1 aromatic carbocycles. The van der Waals surface area contributed by atoms with Gasteiger partial charge in [-0.1, -0.05) is 50.6 Å². The topological polar surface area (TPSA) is 0 Å². The summed E-state index contributed by atoms with van der Waals surface area (Å²) in [5.41, 5.74) is 10.8. The monoisotopic (exact) mass is 330 g/mol. The molecule has 2 rings (SSSR count). The lowest BCUT2D eigenvalue weighted by molar-refractivity contribution is 0.403. The SMILES string of the molecule is [B]/C=C(C)/C=C/C(C)=C(\C)c1cc2c(cc1C)C(C)(C)C(C)C=C2C. The Kier molecular flexibility index (Phi) is 5.67. The van der Waals surface area contributed by atoms with Gasteiger partial charge < -0.3 is 0 Å². The second-order valence-corrected chi connectivity index (χ2v) is 8.12. The molecule has 1 aromatic rings. The van der Waals surface area contributed by atoms with Crippen molar-refractivity contribution in [3.8, 4) is 0 Å². The molecule has 1 atom stereocenters. The average molecular weight is 330 g/mol. The van der Waals surface area contributed by atoms with E-state index in [1.54, 1.807) is 5.98 Å². The van der Waals surface area contributed by atoms with Gasteiger partial charge in [-0.2, -0.15) is 0 Å². The minimum absolute atomic E-state index is 0.174. The summed E-state index contributed by atoms with van der Waals surface area (Å²) in [5, 5.41) is 0. The first kappa shape index (κ1) is 19.6. The Labute approximate surface area is 155 Å². The fourth-order valence-electron chi connectivity index (χ4n) is 3.54. The first-order valence-electron chi connectivity index (χ1n) is 9.18. The van der Waals surface area contributed by atoms with Gasteiger partial charge in [0.15, 0.2) is 0 Å². The smallest absolute Gasteiger partial charge is 0.103 e. The Hall–Kier alpha value is -1.76. The zero-order chi connectivity index (χ0) is 18.9. The number of rotatable bonds is 3. The van der Waals surface area contributed by atoms with Crippen LogP contribution in [0.25, 0.3) is 11.1 Å². The first-order valence-corrected chi connectivity index (χ1v) is 9.18. The van der Waals surface area contributed by atoms with E-state index in [0.29, 0.717) is 5.92 Å². The maximum atomic E-state index is 5.56. The molecule has 0 nitrogen and oxygen atoms in total. The Morgan fingerprint density at radius 3 is 2.32 bits per heavy atom. The maximum absolute atomic E-state index is 5.56. The number of benzene rings is 1. The van der Waals surface area contributed by atoms with Gasteiger partial charge in [0.2, 0.25) is 0 Å². The summed E-state index contributed by atoms with van der Waals surface area (Å²) in [5.74, 6) is 2.19. The minimum Gasteiger partial charge on any atom is -0.129 e. The van der Waals surface area contributed by atoms with Crippen molar-refractivity contribution < 1.29 is 0 Å². The predicted octanol–water partition coefficient (Wildman–Crippen LogP) is 6.75. The minimum atomic E-state index is 0.174. The van der Waals surface area contributed by atoms with Crippen molar-refractivity contribution in [2.45, 2.75) is 60.8 Å². The zero-order valence-corrected chi connectivity index (χ0v) is 17.1. The summed E-state index contributed by atoms with van der Waals surface area (Å²) in [6, 6.07) is 4.80. The number of aryl methyl sites for hydroxylation is 1. The molecular formula is C24H31B. The lowest BCUT2D eigenvalue weighted by Crippen LogP contribution is -2.29. The molecule has 0 aliphatic heterocycles. The quantitative estimate of drug-likeness (QED) is 0.425. The summed E-state index contributed by atoms with van der Waals surface area (Å²) in [6.07, 6.45) is 6.65. The molecule has 0 amide bonds. The van der Waals surface area contributed by atoms with Crippen LogP contribution in [0.5, 0.6) is 0 Å². The van der Waals surface area contributed by atoms with E-state index in [0.717, 1.165) is 5.57 Å². The molecule has 130 valence electrons. The van der Waals surface area contributed by atoms with Crippen LogP contribution in [0.15, 0.2) is 47.5 Å². The fourth-order valence-corrected chi connectivity index (χ4v) is 3.54. The van der Waals surface area contributed by atoms with Crippen molar-refractivity contribution in [3.05, 3.63) is 69.7 Å². The summed E-state index contributed by atoms with van der Waals surface area (Å²) in [6.45, 7) is 17.9. The third kappa shape index (κ3) is 3.76. The molecule has 0 fully saturated rings. The van der Waals surface area contributed by atoms with Crippen molar-refractivity contribution >= 4 is 19.0 Å². The van der Waals surface area contributed by atoms with Crippen molar-refractivity contribution in [2.24, 2.45) is 5.92 Å². The van der Waals surface area contributed by atoms with Gasteiger partial charge in [-0.25, -0.2) is 0 Å². The second kappa shape index (κ2) is 7.24. The molecule has 1 aliphatic rings. The van der Waals surface area contributed by atoms with Crippen LogP contribution < -0.4 is 0 Å². The van der Waals surface area contributed by atoms with Gasteiger partial charge in [0.05, 0.1) is 0 Å². The molecule has 25 heavy (non-hydrogen) atoms. The van der Waals surface area contributed by atoms with E-state index in [4.69, 9.17) is 7.85 Å². The van der Waals surface area contributed by atoms with E-state index >= 15 is 0 Å². The maximum Gasteiger partial charge on any atom is 0.103 e. The molecule has 2 radical (unpaired) electrons. The number of allylic oxidation sites excluding steroid dienone is 7. The normalized spacial score (nSPS) is 21.0. The number of fused-ring (bicyclic) bond motifs is 1. The van der Waals surface area contributed by atoms with Crippen molar-refractivity contribution in [1.29, 1.82) is 0 Å². The van der Waals surface area contributed by atoms with Crippen LogP contribution in [-0.2, 0) is 5.41 Å². The average Bonchev–Trinajstić information content (AvgIpc) is 2.56. The molecule has 1 unspecified atom stereocenters. The Balaban J connectivity index is 2.59. The summed E-state index contributed by atoms with van der Waals surface area (Å²) in [4.78, 5) is 0. The van der Waals surface area contributed by atoms with E-state index < -0.39 is 0 Å². The highest BCUT2D eigenvalue weighted by atomic mass is 14.4. The summed E-state index contributed by atoms with van der Waals surface area (Å²) in [7, 11) is 5.56. The number of hydrogen-bond donors (Lipinski definition) is 0. The number of hydrogen-bond acceptors (Lipinski definition) is 0. The van der Waals surface area contributed by atoms with Gasteiger partial charge in [-0.3, -0.25) is 0 Å². The zero-order valence-electron chi connectivity index (χ0n) is 17.1. The molecule has 0 heterocycles. The molecular weight excluding hydrogens is 299 g/mol. The Morgan fingerprint density at radius 2 is 1.72 bits per heavy atom. The van der Waals surface area contributed by atoms with Crippen LogP contribution in [0.3, 0.4) is 0 Å².